The van der Waals surface area contributed by atoms with Crippen molar-refractivity contribution in [2.45, 2.75) is 251 Å². The second-order valence-electron chi connectivity index (χ2n) is 18.4. The van der Waals surface area contributed by atoms with Gasteiger partial charge in [-0.1, -0.05) is 199 Å². The van der Waals surface area contributed by atoms with Crippen LogP contribution >= 0.6 is 0 Å². The average molecular weight is 849 g/mol. The topological polar surface area (TPSA) is 99.1 Å². The Kier molecular flexibility index (Phi) is 41.9. The number of hydrogen-bond donors (Lipinski definition) is 1. The highest BCUT2D eigenvalue weighted by Crippen LogP contribution is 2.16. The Morgan fingerprint density at radius 3 is 1.30 bits per heavy atom. The van der Waals surface area contributed by atoms with Gasteiger partial charge in [-0.05, 0) is 44.9 Å². The summed E-state index contributed by atoms with van der Waals surface area (Å²) in [5.74, 6) is -1.47. The first kappa shape index (κ1) is 57.8. The third-order valence-electron chi connectivity index (χ3n) is 11.6. The zero-order valence-electron chi connectivity index (χ0n) is 40.2. The van der Waals surface area contributed by atoms with Crippen molar-refractivity contribution in [1.82, 2.24) is 0 Å². The monoisotopic (exact) mass is 849 g/mol. The number of likely N-dealkylation sites (N-methyl/N-ethyl adjacent to an activating group) is 1. The molecule has 352 valence electrons. The molecule has 2 unspecified atom stereocenters. The molecule has 0 rings (SSSR count). The molecule has 0 saturated carbocycles. The van der Waals surface area contributed by atoms with Gasteiger partial charge in [0.25, 0.3) is 0 Å². The highest BCUT2D eigenvalue weighted by atomic mass is 16.6. The minimum Gasteiger partial charge on any atom is -0.477 e. The second-order valence-corrected chi connectivity index (χ2v) is 18.4. The van der Waals surface area contributed by atoms with Gasteiger partial charge >= 0.3 is 17.9 Å². The molecule has 0 aliphatic rings. The molecular formula is C52H98NO7+. The maximum absolute atomic E-state index is 12.8. The lowest BCUT2D eigenvalue weighted by atomic mass is 10.0. The van der Waals surface area contributed by atoms with Gasteiger partial charge in [0.1, 0.15) is 6.61 Å². The number of esters is 2. The van der Waals surface area contributed by atoms with Crippen LogP contribution in [0.4, 0.5) is 0 Å². The fourth-order valence-corrected chi connectivity index (χ4v) is 7.65. The average Bonchev–Trinajstić information content (AvgIpc) is 3.21. The van der Waals surface area contributed by atoms with E-state index in [2.05, 4.69) is 38.2 Å². The van der Waals surface area contributed by atoms with Crippen LogP contribution in [0.2, 0.25) is 0 Å². The van der Waals surface area contributed by atoms with Gasteiger partial charge in [-0.3, -0.25) is 9.59 Å². The van der Waals surface area contributed by atoms with Crippen molar-refractivity contribution in [3.63, 3.8) is 0 Å². The highest BCUT2D eigenvalue weighted by Gasteiger charge is 2.31. The Hall–Kier alpha value is -2.19. The molecule has 0 fully saturated rings. The van der Waals surface area contributed by atoms with Crippen LogP contribution in [0.25, 0.3) is 0 Å². The lowest BCUT2D eigenvalue weighted by Crippen LogP contribution is -2.50. The third kappa shape index (κ3) is 41.2. The van der Waals surface area contributed by atoms with E-state index in [1.807, 2.05) is 21.1 Å². The molecule has 0 aliphatic carbocycles. The molecule has 8 heteroatoms. The van der Waals surface area contributed by atoms with Crippen molar-refractivity contribution in [2.24, 2.45) is 0 Å². The summed E-state index contributed by atoms with van der Waals surface area (Å²) in [5.41, 5.74) is 0. The van der Waals surface area contributed by atoms with Gasteiger partial charge in [-0.25, -0.2) is 4.79 Å². The summed E-state index contributed by atoms with van der Waals surface area (Å²) < 4.78 is 17.3. The number of carbonyl (C=O) groups excluding carboxylic acids is 2. The molecule has 0 aliphatic heterocycles. The number of unbranched alkanes of at least 4 members (excludes halogenated alkanes) is 28. The first-order valence-electron chi connectivity index (χ1n) is 25.4. The molecule has 0 radical (unpaired) electrons. The predicted octanol–water partition coefficient (Wildman–Crippen LogP) is 14.4. The van der Waals surface area contributed by atoms with Crippen molar-refractivity contribution in [3.8, 4) is 0 Å². The molecule has 0 heterocycles. The van der Waals surface area contributed by atoms with Crippen molar-refractivity contribution in [3.05, 3.63) is 24.3 Å². The Balaban J connectivity index is 4.23. The predicted molar refractivity (Wildman–Crippen MR) is 252 cm³/mol. The Labute approximate surface area is 371 Å². The van der Waals surface area contributed by atoms with Crippen molar-refractivity contribution < 1.29 is 38.2 Å². The molecular weight excluding hydrogens is 751 g/mol. The third-order valence-corrected chi connectivity index (χ3v) is 11.6. The van der Waals surface area contributed by atoms with Crippen LogP contribution in [0, 0.1) is 0 Å². The van der Waals surface area contributed by atoms with Crippen LogP contribution in [0.1, 0.15) is 239 Å². The van der Waals surface area contributed by atoms with E-state index in [-0.39, 0.29) is 36.2 Å². The Morgan fingerprint density at radius 1 is 0.500 bits per heavy atom. The van der Waals surface area contributed by atoms with Gasteiger partial charge in [-0.15, -0.1) is 0 Å². The fraction of sp³-hybridized carbons (Fsp3) is 0.865. The highest BCUT2D eigenvalue weighted by molar-refractivity contribution is 5.72. The molecule has 0 aromatic rings. The Morgan fingerprint density at radius 2 is 0.883 bits per heavy atom. The molecule has 60 heavy (non-hydrogen) atoms. The quantitative estimate of drug-likeness (QED) is 0.0282. The number of nitrogens with zero attached hydrogens (tertiary/aromatic N) is 1. The number of quaternary nitrogens is 1. The zero-order chi connectivity index (χ0) is 44.2. The molecule has 0 aromatic heterocycles. The first-order chi connectivity index (χ1) is 29.1. The molecule has 0 saturated heterocycles. The van der Waals surface area contributed by atoms with E-state index in [0.29, 0.717) is 19.3 Å². The maximum Gasteiger partial charge on any atom is 0.362 e. The Bertz CT molecular complexity index is 1040. The number of hydrogen-bond acceptors (Lipinski definition) is 6. The van der Waals surface area contributed by atoms with Gasteiger partial charge in [0.05, 0.1) is 34.4 Å². The molecule has 0 spiro atoms. The number of carboxylic acid groups (broad SMARTS) is 1. The SMILES string of the molecule is CCCCCC/C=C\C/C=C\CCCCCCCC(=O)OC(COCCC(C(=O)O)[N+](C)(C)C)COC(=O)CCCCCCCCCCCCCCCCCCCCCC. The number of carboxylic acids is 1. The van der Waals surface area contributed by atoms with Crippen LogP contribution in [0.15, 0.2) is 24.3 Å². The largest absolute Gasteiger partial charge is 0.477 e. The lowest BCUT2D eigenvalue weighted by molar-refractivity contribution is -0.887. The number of allylic oxidation sites excluding steroid dienone is 4. The van der Waals surface area contributed by atoms with Crippen LogP contribution in [0.3, 0.4) is 0 Å². The van der Waals surface area contributed by atoms with E-state index >= 15 is 0 Å². The van der Waals surface area contributed by atoms with Gasteiger partial charge in [0.15, 0.2) is 12.1 Å². The van der Waals surface area contributed by atoms with E-state index in [4.69, 9.17) is 14.2 Å². The van der Waals surface area contributed by atoms with Gasteiger partial charge < -0.3 is 23.8 Å². The van der Waals surface area contributed by atoms with E-state index in [9.17, 15) is 19.5 Å². The number of ether oxygens (including phenoxy) is 3. The van der Waals surface area contributed by atoms with Crippen LogP contribution in [-0.4, -0.2) is 80.6 Å². The number of carbonyl (C=O) groups is 3. The van der Waals surface area contributed by atoms with E-state index in [0.717, 1.165) is 64.2 Å². The molecule has 0 aromatic carbocycles. The molecule has 2 atom stereocenters. The van der Waals surface area contributed by atoms with Gasteiger partial charge in [0, 0.05) is 19.3 Å². The van der Waals surface area contributed by atoms with Crippen LogP contribution < -0.4 is 0 Å². The smallest absolute Gasteiger partial charge is 0.362 e. The molecule has 8 nitrogen and oxygen atoms in total. The summed E-state index contributed by atoms with van der Waals surface area (Å²) in [6.45, 7) is 4.74. The van der Waals surface area contributed by atoms with Gasteiger partial charge in [0.2, 0.25) is 0 Å². The maximum atomic E-state index is 12.8. The zero-order valence-corrected chi connectivity index (χ0v) is 40.2. The van der Waals surface area contributed by atoms with Crippen LogP contribution in [-0.2, 0) is 28.6 Å². The fourth-order valence-electron chi connectivity index (χ4n) is 7.65. The molecule has 0 amide bonds. The van der Waals surface area contributed by atoms with E-state index in [1.165, 1.54) is 141 Å². The van der Waals surface area contributed by atoms with Crippen molar-refractivity contribution >= 4 is 17.9 Å². The second kappa shape index (κ2) is 43.5. The summed E-state index contributed by atoms with van der Waals surface area (Å²) in [7, 11) is 5.54. The van der Waals surface area contributed by atoms with Crippen molar-refractivity contribution in [1.29, 1.82) is 0 Å². The summed E-state index contributed by atoms with van der Waals surface area (Å²) >= 11 is 0. The number of rotatable bonds is 46. The minimum absolute atomic E-state index is 0.0519. The summed E-state index contributed by atoms with van der Waals surface area (Å²) in [5, 5.41) is 9.64. The lowest BCUT2D eigenvalue weighted by Gasteiger charge is -2.31. The van der Waals surface area contributed by atoms with Crippen molar-refractivity contribution in [2.75, 3.05) is 41.0 Å². The minimum atomic E-state index is -0.874. The van der Waals surface area contributed by atoms with E-state index < -0.39 is 18.1 Å². The number of aliphatic carboxylic acids is 1. The standard InChI is InChI=1S/C52H97NO7/c1-6-8-10-12-14-16-18-20-22-24-25-26-27-29-30-32-34-36-38-40-42-50(54)59-47-48(46-58-45-44-49(52(56)57)53(3,4)5)60-51(55)43-41-39-37-35-33-31-28-23-21-19-17-15-13-11-9-7-2/h17,19,23,28,48-49H,6-16,18,20-22,24-27,29-47H2,1-5H3/p+1/b19-17-,28-23-. The van der Waals surface area contributed by atoms with E-state index in [1.54, 1.807) is 0 Å². The van der Waals surface area contributed by atoms with Gasteiger partial charge in [-0.2, -0.15) is 0 Å². The molecule has 0 bridgehead atoms. The normalized spacial score (nSPS) is 13.0. The first-order valence-corrected chi connectivity index (χ1v) is 25.4. The summed E-state index contributed by atoms with van der Waals surface area (Å²) in [4.78, 5) is 37.1. The summed E-state index contributed by atoms with van der Waals surface area (Å²) in [6, 6.07) is -0.615. The molecule has 1 N–H and O–H groups in total. The summed E-state index contributed by atoms with van der Waals surface area (Å²) in [6.07, 6.45) is 49.4. The van der Waals surface area contributed by atoms with Crippen LogP contribution in [0.5, 0.6) is 0 Å².